The first-order chi connectivity index (χ1) is 17.7. The lowest BCUT2D eigenvalue weighted by Crippen LogP contribution is -2.29. The Morgan fingerprint density at radius 3 is 2.57 bits per heavy atom. The molecule has 37 heavy (non-hydrogen) atoms. The molecular formula is C29H30FN3O4. The molecule has 0 unspecified atom stereocenters. The number of hydrogen-bond donors (Lipinski definition) is 3. The van der Waals surface area contributed by atoms with Crippen molar-refractivity contribution in [2.45, 2.75) is 39.7 Å². The van der Waals surface area contributed by atoms with Crippen LogP contribution in [0, 0.1) is 5.82 Å². The van der Waals surface area contributed by atoms with Crippen LogP contribution in [-0.4, -0.2) is 31.4 Å². The van der Waals surface area contributed by atoms with Crippen LogP contribution in [-0.2, 0) is 14.3 Å². The van der Waals surface area contributed by atoms with Gasteiger partial charge in [0.1, 0.15) is 12.4 Å². The number of amides is 3. The highest BCUT2D eigenvalue weighted by atomic mass is 19.1. The third-order valence-electron chi connectivity index (χ3n) is 6.69. The van der Waals surface area contributed by atoms with Crippen LogP contribution in [0.25, 0.3) is 5.57 Å². The molecule has 0 bridgehead atoms. The van der Waals surface area contributed by atoms with E-state index in [1.807, 2.05) is 26.8 Å². The second-order valence-corrected chi connectivity index (χ2v) is 9.31. The average molecular weight is 504 g/mol. The van der Waals surface area contributed by atoms with Gasteiger partial charge in [-0.3, -0.25) is 14.4 Å². The molecule has 0 aromatic heterocycles. The first-order valence-corrected chi connectivity index (χ1v) is 12.1. The molecular weight excluding hydrogens is 473 g/mol. The predicted molar refractivity (Wildman–Crippen MR) is 140 cm³/mol. The van der Waals surface area contributed by atoms with Gasteiger partial charge in [-0.05, 0) is 92.3 Å². The molecule has 0 radical (unpaired) electrons. The molecule has 0 spiro atoms. The lowest BCUT2D eigenvalue weighted by atomic mass is 9.88. The van der Waals surface area contributed by atoms with Crippen LogP contribution in [0.5, 0.6) is 0 Å². The second kappa shape index (κ2) is 10.9. The third kappa shape index (κ3) is 5.70. The van der Waals surface area contributed by atoms with Gasteiger partial charge in [-0.2, -0.15) is 0 Å². The fourth-order valence-electron chi connectivity index (χ4n) is 4.56. The van der Waals surface area contributed by atoms with Gasteiger partial charge in [-0.15, -0.1) is 0 Å². The molecule has 0 saturated heterocycles. The van der Waals surface area contributed by atoms with E-state index in [2.05, 4.69) is 16.0 Å². The van der Waals surface area contributed by atoms with E-state index < -0.39 is 0 Å². The summed E-state index contributed by atoms with van der Waals surface area (Å²) >= 11 is 0. The summed E-state index contributed by atoms with van der Waals surface area (Å²) in [5.41, 5.74) is 6.58. The van der Waals surface area contributed by atoms with Crippen molar-refractivity contribution in [1.29, 1.82) is 0 Å². The van der Waals surface area contributed by atoms with Crippen LogP contribution >= 0.6 is 0 Å². The molecule has 4 rings (SSSR count). The van der Waals surface area contributed by atoms with Gasteiger partial charge >= 0.3 is 0 Å². The van der Waals surface area contributed by atoms with Crippen molar-refractivity contribution < 1.29 is 23.5 Å². The van der Waals surface area contributed by atoms with Crippen LogP contribution in [0.4, 0.5) is 10.1 Å². The summed E-state index contributed by atoms with van der Waals surface area (Å²) in [6, 6.07) is 10.7. The molecule has 3 amide bonds. The summed E-state index contributed by atoms with van der Waals surface area (Å²) in [7, 11) is 1.47. The fourth-order valence-corrected chi connectivity index (χ4v) is 4.56. The molecule has 1 aliphatic heterocycles. The Bertz CT molecular complexity index is 1360. The van der Waals surface area contributed by atoms with Crippen molar-refractivity contribution in [1.82, 2.24) is 10.6 Å². The Labute approximate surface area is 215 Å². The highest BCUT2D eigenvalue weighted by Gasteiger charge is 2.27. The summed E-state index contributed by atoms with van der Waals surface area (Å²) in [6.45, 7) is 5.68. The topological polar surface area (TPSA) is 96.5 Å². The van der Waals surface area contributed by atoms with E-state index in [-0.39, 0.29) is 36.2 Å². The first kappa shape index (κ1) is 26.0. The van der Waals surface area contributed by atoms with Crippen molar-refractivity contribution in [3.63, 3.8) is 0 Å². The number of anilines is 1. The Morgan fingerprint density at radius 1 is 1.14 bits per heavy atom. The maximum Gasteiger partial charge on any atom is 0.256 e. The minimum Gasteiger partial charge on any atom is -0.375 e. The fraction of sp³-hybridized carbons (Fsp3) is 0.276. The number of carbonyl (C=O) groups is 3. The number of ether oxygens (including phenoxy) is 1. The molecule has 0 saturated carbocycles. The zero-order chi connectivity index (χ0) is 26.7. The number of halogens is 1. The smallest absolute Gasteiger partial charge is 0.256 e. The number of methoxy groups -OCH3 is 1. The summed E-state index contributed by atoms with van der Waals surface area (Å²) in [5.74, 6) is -1.12. The maximum atomic E-state index is 13.2. The number of fused-ring (bicyclic) bond motifs is 1. The zero-order valence-electron chi connectivity index (χ0n) is 21.3. The maximum absolute atomic E-state index is 13.2. The summed E-state index contributed by atoms with van der Waals surface area (Å²) in [5, 5.41) is 8.71. The van der Waals surface area contributed by atoms with Crippen LogP contribution < -0.4 is 16.0 Å². The lowest BCUT2D eigenvalue weighted by Gasteiger charge is -2.22. The SMILES string of the molecule is COCC(=O)NC1=C(C)CCC(/C=C2\C(=O)Nc3ccc(C(=O)N[C@H](C)c4ccc(F)cc4)cc32)=C1C. The Kier molecular flexibility index (Phi) is 7.69. The summed E-state index contributed by atoms with van der Waals surface area (Å²) < 4.78 is 18.2. The van der Waals surface area contributed by atoms with E-state index in [1.54, 1.807) is 30.3 Å². The quantitative estimate of drug-likeness (QED) is 0.473. The number of benzene rings is 2. The van der Waals surface area contributed by atoms with Crippen LogP contribution in [0.15, 0.2) is 71.0 Å². The molecule has 3 N–H and O–H groups in total. The van der Waals surface area contributed by atoms with Crippen molar-refractivity contribution in [3.05, 3.63) is 93.5 Å². The van der Waals surface area contributed by atoms with Crippen LogP contribution in [0.2, 0.25) is 0 Å². The molecule has 2 aliphatic rings. The standard InChI is InChI=1S/C29H30FN3O4/c1-16-5-6-20(17(2)27(16)33-26(34)15-37-4)13-24-23-14-21(9-12-25(23)32-29(24)36)28(35)31-18(3)19-7-10-22(30)11-8-19/h7-14,18H,5-6,15H2,1-4H3,(H,31,35)(H,32,36)(H,33,34)/b24-13-/t18-/m1/s1. The molecule has 1 heterocycles. The second-order valence-electron chi connectivity index (χ2n) is 9.31. The Morgan fingerprint density at radius 2 is 1.86 bits per heavy atom. The van der Waals surface area contributed by atoms with E-state index in [0.717, 1.165) is 40.8 Å². The largest absolute Gasteiger partial charge is 0.375 e. The van der Waals surface area contributed by atoms with Crippen LogP contribution in [0.3, 0.4) is 0 Å². The van der Waals surface area contributed by atoms with E-state index in [9.17, 15) is 18.8 Å². The van der Waals surface area contributed by atoms with Crippen molar-refractivity contribution in [3.8, 4) is 0 Å². The zero-order valence-corrected chi connectivity index (χ0v) is 21.3. The highest BCUT2D eigenvalue weighted by molar-refractivity contribution is 6.32. The van der Waals surface area contributed by atoms with Crippen LogP contribution in [0.1, 0.15) is 61.1 Å². The average Bonchev–Trinajstić information content (AvgIpc) is 3.18. The number of nitrogens with one attached hydrogen (secondary N) is 3. The van der Waals surface area contributed by atoms with E-state index in [4.69, 9.17) is 4.74 Å². The van der Waals surface area contributed by atoms with Gasteiger partial charge in [0.15, 0.2) is 0 Å². The van der Waals surface area contributed by atoms with Gasteiger partial charge < -0.3 is 20.7 Å². The third-order valence-corrected chi connectivity index (χ3v) is 6.69. The Hall–Kier alpha value is -4.04. The van der Waals surface area contributed by atoms with Gasteiger partial charge in [0.25, 0.3) is 11.8 Å². The summed E-state index contributed by atoms with van der Waals surface area (Å²) in [6.07, 6.45) is 3.31. The number of hydrogen-bond acceptors (Lipinski definition) is 4. The molecule has 2 aromatic rings. The van der Waals surface area contributed by atoms with Gasteiger partial charge in [-0.25, -0.2) is 4.39 Å². The molecule has 8 heteroatoms. The molecule has 1 atom stereocenters. The van der Waals surface area contributed by atoms with Crippen molar-refractivity contribution in [2.24, 2.45) is 0 Å². The molecule has 7 nitrogen and oxygen atoms in total. The van der Waals surface area contributed by atoms with Crippen molar-refractivity contribution >= 4 is 29.0 Å². The minimum atomic E-state index is -0.337. The molecule has 0 fully saturated rings. The highest BCUT2D eigenvalue weighted by Crippen LogP contribution is 2.36. The molecule has 1 aliphatic carbocycles. The van der Waals surface area contributed by atoms with Gasteiger partial charge in [0.05, 0.1) is 6.04 Å². The summed E-state index contributed by atoms with van der Waals surface area (Å²) in [4.78, 5) is 38.0. The van der Waals surface area contributed by atoms with E-state index in [0.29, 0.717) is 22.4 Å². The van der Waals surface area contributed by atoms with E-state index >= 15 is 0 Å². The van der Waals surface area contributed by atoms with Gasteiger partial charge in [0.2, 0.25) is 5.91 Å². The first-order valence-electron chi connectivity index (χ1n) is 12.1. The lowest BCUT2D eigenvalue weighted by molar-refractivity contribution is -0.124. The minimum absolute atomic E-state index is 0.0408. The Balaban J connectivity index is 1.60. The predicted octanol–water partition coefficient (Wildman–Crippen LogP) is 4.80. The molecule has 192 valence electrons. The number of rotatable bonds is 7. The van der Waals surface area contributed by atoms with E-state index in [1.165, 1.54) is 19.2 Å². The van der Waals surface area contributed by atoms with Crippen molar-refractivity contribution in [2.75, 3.05) is 19.0 Å². The number of carbonyl (C=O) groups excluding carboxylic acids is 3. The number of allylic oxidation sites excluding steroid dienone is 4. The van der Waals surface area contributed by atoms with Gasteiger partial charge in [0, 0.05) is 35.2 Å². The van der Waals surface area contributed by atoms with Gasteiger partial charge in [-0.1, -0.05) is 12.1 Å². The molecule has 2 aromatic carbocycles. The monoisotopic (exact) mass is 503 g/mol. The normalized spacial score (nSPS) is 17.0.